The Morgan fingerprint density at radius 1 is 1.53 bits per heavy atom. The highest BCUT2D eigenvalue weighted by atomic mass is 16.3. The molecule has 0 heterocycles. The molecule has 0 aliphatic heterocycles. The Hall–Kier alpha value is -1.53. The maximum absolute atomic E-state index is 9.07. The van der Waals surface area contributed by atoms with Gasteiger partial charge < -0.3 is 10.0 Å². The van der Waals surface area contributed by atoms with Crippen LogP contribution in [0.2, 0.25) is 0 Å². The van der Waals surface area contributed by atoms with Crippen molar-refractivity contribution in [1.82, 2.24) is 0 Å². The molecule has 0 saturated carbocycles. The van der Waals surface area contributed by atoms with Crippen LogP contribution in [0.5, 0.6) is 0 Å². The summed E-state index contributed by atoms with van der Waals surface area (Å²) < 4.78 is 0. The van der Waals surface area contributed by atoms with Crippen LogP contribution in [0.1, 0.15) is 18.1 Å². The summed E-state index contributed by atoms with van der Waals surface area (Å²) in [7, 11) is 1.89. The Morgan fingerprint density at radius 3 is 2.73 bits per heavy atom. The molecule has 0 aliphatic rings. The van der Waals surface area contributed by atoms with E-state index in [0.717, 1.165) is 11.3 Å². The molecule has 0 radical (unpaired) electrons. The van der Waals surface area contributed by atoms with Crippen LogP contribution in [0, 0.1) is 18.3 Å². The molecule has 1 aromatic rings. The fraction of sp³-hybridized carbons (Fsp3) is 0.417. The van der Waals surface area contributed by atoms with E-state index < -0.39 is 0 Å². The maximum Gasteiger partial charge on any atom is 0.101 e. The lowest BCUT2D eigenvalue weighted by molar-refractivity contribution is 0.270. The van der Waals surface area contributed by atoms with Gasteiger partial charge in [0.15, 0.2) is 0 Å². The van der Waals surface area contributed by atoms with Crippen LogP contribution in [-0.4, -0.2) is 24.8 Å². The summed E-state index contributed by atoms with van der Waals surface area (Å²) in [5.41, 5.74) is 2.63. The third-order valence-corrected chi connectivity index (χ3v) is 2.58. The molecule has 1 aromatic carbocycles. The van der Waals surface area contributed by atoms with Crippen molar-refractivity contribution in [2.24, 2.45) is 0 Å². The third kappa shape index (κ3) is 2.48. The first-order valence-electron chi connectivity index (χ1n) is 4.94. The van der Waals surface area contributed by atoms with E-state index in [9.17, 15) is 0 Å². The predicted molar refractivity (Wildman–Crippen MR) is 60.8 cm³/mol. The average Bonchev–Trinajstić information content (AvgIpc) is 2.27. The first-order valence-corrected chi connectivity index (χ1v) is 4.94. The number of hydrogen-bond acceptors (Lipinski definition) is 3. The van der Waals surface area contributed by atoms with E-state index in [1.807, 2.05) is 44.0 Å². The molecule has 0 spiro atoms. The number of anilines is 1. The molecule has 0 aromatic heterocycles. The zero-order valence-corrected chi connectivity index (χ0v) is 9.36. The first kappa shape index (κ1) is 11.5. The number of aryl methyl sites for hydroxylation is 1. The molecule has 0 fully saturated rings. The van der Waals surface area contributed by atoms with Crippen LogP contribution in [-0.2, 0) is 0 Å². The molecule has 3 heteroatoms. The van der Waals surface area contributed by atoms with Gasteiger partial charge in [-0.05, 0) is 31.5 Å². The molecule has 80 valence electrons. The van der Waals surface area contributed by atoms with Gasteiger partial charge in [-0.2, -0.15) is 5.26 Å². The van der Waals surface area contributed by atoms with Gasteiger partial charge in [-0.25, -0.2) is 0 Å². The van der Waals surface area contributed by atoms with Crippen molar-refractivity contribution in [3.05, 3.63) is 29.3 Å². The van der Waals surface area contributed by atoms with Crippen molar-refractivity contribution >= 4 is 5.69 Å². The number of aliphatic hydroxyl groups excluding tert-OH is 1. The van der Waals surface area contributed by atoms with E-state index in [-0.39, 0.29) is 12.6 Å². The zero-order valence-electron chi connectivity index (χ0n) is 9.36. The molecule has 1 unspecified atom stereocenters. The molecule has 1 atom stereocenters. The molecule has 3 nitrogen and oxygen atoms in total. The third-order valence-electron chi connectivity index (χ3n) is 2.58. The highest BCUT2D eigenvalue weighted by Gasteiger charge is 2.12. The molecule has 0 amide bonds. The van der Waals surface area contributed by atoms with Crippen LogP contribution >= 0.6 is 0 Å². The van der Waals surface area contributed by atoms with E-state index in [4.69, 9.17) is 10.4 Å². The number of rotatable bonds is 3. The molecule has 0 aliphatic carbocycles. The van der Waals surface area contributed by atoms with Gasteiger partial charge in [0.2, 0.25) is 0 Å². The van der Waals surface area contributed by atoms with E-state index in [1.54, 1.807) is 0 Å². The Labute approximate surface area is 90.6 Å². The smallest absolute Gasteiger partial charge is 0.101 e. The lowest BCUT2D eigenvalue weighted by atomic mass is 10.1. The van der Waals surface area contributed by atoms with Crippen LogP contribution < -0.4 is 4.90 Å². The maximum atomic E-state index is 9.07. The topological polar surface area (TPSA) is 47.3 Å². The number of nitriles is 1. The average molecular weight is 204 g/mol. The number of benzene rings is 1. The Morgan fingerprint density at radius 2 is 2.20 bits per heavy atom. The fourth-order valence-corrected chi connectivity index (χ4v) is 1.39. The van der Waals surface area contributed by atoms with Crippen molar-refractivity contribution < 1.29 is 5.11 Å². The summed E-state index contributed by atoms with van der Waals surface area (Å²) in [6.45, 7) is 3.99. The van der Waals surface area contributed by atoms with Crippen molar-refractivity contribution in [3.8, 4) is 6.07 Å². The van der Waals surface area contributed by atoms with E-state index in [1.165, 1.54) is 0 Å². The van der Waals surface area contributed by atoms with E-state index >= 15 is 0 Å². The van der Waals surface area contributed by atoms with Gasteiger partial charge in [0.1, 0.15) is 6.07 Å². The molecule has 15 heavy (non-hydrogen) atoms. The summed E-state index contributed by atoms with van der Waals surface area (Å²) in [6.07, 6.45) is 0. The standard InChI is InChI=1S/C12H16N2O/c1-9-4-5-11(7-13)12(6-9)14(3)10(2)8-15/h4-6,10,15H,8H2,1-3H3. The summed E-state index contributed by atoms with van der Waals surface area (Å²) in [4.78, 5) is 1.92. The molecule has 0 bridgehead atoms. The fourth-order valence-electron chi connectivity index (χ4n) is 1.39. The predicted octanol–water partition coefficient (Wildman–Crippen LogP) is 1.68. The van der Waals surface area contributed by atoms with Gasteiger partial charge in [-0.15, -0.1) is 0 Å². The van der Waals surface area contributed by atoms with E-state index in [0.29, 0.717) is 5.56 Å². The first-order chi connectivity index (χ1) is 7.10. The lowest BCUT2D eigenvalue weighted by Gasteiger charge is -2.26. The minimum atomic E-state index is 0.0129. The largest absolute Gasteiger partial charge is 0.394 e. The highest BCUT2D eigenvalue weighted by molar-refractivity contribution is 5.60. The Balaban J connectivity index is 3.12. The van der Waals surface area contributed by atoms with Gasteiger partial charge in [0, 0.05) is 13.1 Å². The molecule has 1 N–H and O–H groups in total. The van der Waals surface area contributed by atoms with Crippen molar-refractivity contribution in [2.75, 3.05) is 18.6 Å². The van der Waals surface area contributed by atoms with Gasteiger partial charge >= 0.3 is 0 Å². The summed E-state index contributed by atoms with van der Waals surface area (Å²) in [5.74, 6) is 0. The van der Waals surface area contributed by atoms with Gasteiger partial charge in [-0.3, -0.25) is 0 Å². The number of aliphatic hydroxyl groups is 1. The minimum absolute atomic E-state index is 0.0129. The van der Waals surface area contributed by atoms with Gasteiger partial charge in [-0.1, -0.05) is 6.07 Å². The Kier molecular flexibility index (Phi) is 3.70. The highest BCUT2D eigenvalue weighted by Crippen LogP contribution is 2.22. The normalized spacial score (nSPS) is 11.9. The summed E-state index contributed by atoms with van der Waals surface area (Å²) in [6, 6.07) is 7.86. The van der Waals surface area contributed by atoms with E-state index in [2.05, 4.69) is 6.07 Å². The van der Waals surface area contributed by atoms with Crippen molar-refractivity contribution in [1.29, 1.82) is 5.26 Å². The Bertz CT molecular complexity index is 382. The second kappa shape index (κ2) is 4.81. The number of nitrogens with zero attached hydrogens (tertiary/aromatic N) is 2. The van der Waals surface area contributed by atoms with Crippen molar-refractivity contribution in [2.45, 2.75) is 19.9 Å². The minimum Gasteiger partial charge on any atom is -0.394 e. The second-order valence-corrected chi connectivity index (χ2v) is 3.77. The summed E-state index contributed by atoms with van der Waals surface area (Å²) in [5, 5.41) is 18.0. The van der Waals surface area contributed by atoms with Crippen LogP contribution in [0.4, 0.5) is 5.69 Å². The number of hydrogen-bond donors (Lipinski definition) is 1. The SMILES string of the molecule is Cc1ccc(C#N)c(N(C)C(C)CO)c1. The molecule has 0 saturated heterocycles. The van der Waals surface area contributed by atoms with Crippen molar-refractivity contribution in [3.63, 3.8) is 0 Å². The molecule has 1 rings (SSSR count). The number of likely N-dealkylation sites (N-methyl/N-ethyl adjacent to an activating group) is 1. The van der Waals surface area contributed by atoms with Crippen LogP contribution in [0.15, 0.2) is 18.2 Å². The quantitative estimate of drug-likeness (QED) is 0.815. The van der Waals surface area contributed by atoms with Crippen LogP contribution in [0.25, 0.3) is 0 Å². The zero-order chi connectivity index (χ0) is 11.4. The monoisotopic (exact) mass is 204 g/mol. The second-order valence-electron chi connectivity index (χ2n) is 3.77. The molecular formula is C12H16N2O. The van der Waals surface area contributed by atoms with Crippen LogP contribution in [0.3, 0.4) is 0 Å². The molecular weight excluding hydrogens is 188 g/mol. The lowest BCUT2D eigenvalue weighted by Crippen LogP contribution is -2.32. The van der Waals surface area contributed by atoms with Gasteiger partial charge in [0.25, 0.3) is 0 Å². The summed E-state index contributed by atoms with van der Waals surface area (Å²) >= 11 is 0. The van der Waals surface area contributed by atoms with Gasteiger partial charge in [0.05, 0.1) is 17.9 Å².